The molecule has 0 aliphatic carbocycles. The predicted molar refractivity (Wildman–Crippen MR) is 73.2 cm³/mol. The third-order valence-corrected chi connectivity index (χ3v) is 2.74. The number of aliphatic imine (C=N–C) groups is 1. The van der Waals surface area contributed by atoms with Crippen LogP contribution in [0.5, 0.6) is 5.88 Å². The summed E-state index contributed by atoms with van der Waals surface area (Å²) in [5, 5.41) is 6.46. The molecule has 0 atom stereocenters. The van der Waals surface area contributed by atoms with Gasteiger partial charge in [0.05, 0.1) is 25.2 Å². The van der Waals surface area contributed by atoms with Crippen LogP contribution in [0, 0.1) is 0 Å². The van der Waals surface area contributed by atoms with Gasteiger partial charge in [0.25, 0.3) is 0 Å². The molecule has 0 fully saturated rings. The van der Waals surface area contributed by atoms with Crippen molar-refractivity contribution >= 4 is 17.3 Å². The van der Waals surface area contributed by atoms with Crippen molar-refractivity contribution in [3.63, 3.8) is 0 Å². The number of pyridine rings is 1. The molecule has 0 bridgehead atoms. The molecule has 0 radical (unpaired) electrons. The van der Waals surface area contributed by atoms with Crippen LogP contribution in [0.2, 0.25) is 0 Å². The highest BCUT2D eigenvalue weighted by Crippen LogP contribution is 2.19. The molecule has 4 N–H and O–H groups in total. The molecule has 0 saturated heterocycles. The third-order valence-electron chi connectivity index (χ3n) is 2.74. The summed E-state index contributed by atoms with van der Waals surface area (Å²) in [6.07, 6.45) is 1.95. The van der Waals surface area contributed by atoms with Gasteiger partial charge in [-0.05, 0) is 12.5 Å². The summed E-state index contributed by atoms with van der Waals surface area (Å²) in [6.45, 7) is 2.67. The molecule has 1 aromatic heterocycles. The van der Waals surface area contributed by atoms with Gasteiger partial charge in [0.1, 0.15) is 0 Å². The van der Waals surface area contributed by atoms with Crippen molar-refractivity contribution in [3.05, 3.63) is 12.1 Å². The molecule has 6 heteroatoms. The Morgan fingerprint density at radius 1 is 1.50 bits per heavy atom. The highest BCUT2D eigenvalue weighted by Gasteiger charge is 2.05. The molecular formula is C12H19N5O. The maximum atomic E-state index is 5.83. The number of nitrogens with zero attached hydrogens (tertiary/aromatic N) is 2. The molecule has 1 aliphatic rings. The molecule has 2 rings (SSSR count). The zero-order chi connectivity index (χ0) is 12.8. The van der Waals surface area contributed by atoms with Crippen LogP contribution in [-0.2, 0) is 0 Å². The van der Waals surface area contributed by atoms with Crippen molar-refractivity contribution in [1.82, 2.24) is 10.3 Å². The first-order valence-electron chi connectivity index (χ1n) is 6.11. The Morgan fingerprint density at radius 3 is 3.11 bits per heavy atom. The number of aromatic nitrogens is 1. The van der Waals surface area contributed by atoms with Gasteiger partial charge in [0, 0.05) is 25.6 Å². The summed E-state index contributed by atoms with van der Waals surface area (Å²) in [5.74, 6) is 2.34. The molecule has 0 unspecified atom stereocenters. The van der Waals surface area contributed by atoms with E-state index in [0.29, 0.717) is 17.4 Å². The van der Waals surface area contributed by atoms with Crippen molar-refractivity contribution in [2.24, 2.45) is 4.99 Å². The molecule has 0 saturated carbocycles. The molecule has 2 heterocycles. The maximum absolute atomic E-state index is 5.83. The van der Waals surface area contributed by atoms with Crippen LogP contribution in [0.15, 0.2) is 17.1 Å². The Labute approximate surface area is 107 Å². The molecular weight excluding hydrogens is 230 g/mol. The highest BCUT2D eigenvalue weighted by molar-refractivity contribution is 5.83. The second-order valence-electron chi connectivity index (χ2n) is 4.08. The van der Waals surface area contributed by atoms with Crippen LogP contribution in [0.25, 0.3) is 0 Å². The van der Waals surface area contributed by atoms with E-state index >= 15 is 0 Å². The Hall–Kier alpha value is -1.98. The second kappa shape index (κ2) is 6.09. The number of anilines is 2. The van der Waals surface area contributed by atoms with Crippen LogP contribution in [0.4, 0.5) is 11.5 Å². The van der Waals surface area contributed by atoms with Crippen molar-refractivity contribution < 1.29 is 4.74 Å². The fraction of sp³-hybridized carbons (Fsp3) is 0.500. The number of nitrogens with two attached hydrogens (primary N) is 1. The highest BCUT2D eigenvalue weighted by atomic mass is 16.5. The molecule has 0 spiro atoms. The Morgan fingerprint density at radius 2 is 2.39 bits per heavy atom. The van der Waals surface area contributed by atoms with Gasteiger partial charge in [-0.1, -0.05) is 0 Å². The minimum absolute atomic E-state index is 0.563. The van der Waals surface area contributed by atoms with E-state index in [9.17, 15) is 0 Å². The first kappa shape index (κ1) is 12.5. The summed E-state index contributed by atoms with van der Waals surface area (Å²) in [4.78, 5) is 8.60. The smallest absolute Gasteiger partial charge is 0.215 e. The minimum atomic E-state index is 0.563. The Balaban J connectivity index is 1.78. The number of hydrogen-bond acceptors (Lipinski definition) is 6. The van der Waals surface area contributed by atoms with Gasteiger partial charge in [-0.2, -0.15) is 4.98 Å². The zero-order valence-electron chi connectivity index (χ0n) is 10.6. The van der Waals surface area contributed by atoms with E-state index < -0.39 is 0 Å². The summed E-state index contributed by atoms with van der Waals surface area (Å²) < 4.78 is 5.06. The van der Waals surface area contributed by atoms with E-state index in [2.05, 4.69) is 20.6 Å². The largest absolute Gasteiger partial charge is 0.481 e. The van der Waals surface area contributed by atoms with Gasteiger partial charge in [0.2, 0.25) is 5.88 Å². The monoisotopic (exact) mass is 249 g/mol. The fourth-order valence-corrected chi connectivity index (χ4v) is 1.78. The van der Waals surface area contributed by atoms with Gasteiger partial charge in [0.15, 0.2) is 5.82 Å². The lowest BCUT2D eigenvalue weighted by atomic mass is 10.3. The van der Waals surface area contributed by atoms with Crippen molar-refractivity contribution in [1.29, 1.82) is 0 Å². The third kappa shape index (κ3) is 3.26. The minimum Gasteiger partial charge on any atom is -0.481 e. The zero-order valence-corrected chi connectivity index (χ0v) is 10.6. The van der Waals surface area contributed by atoms with Gasteiger partial charge >= 0.3 is 0 Å². The summed E-state index contributed by atoms with van der Waals surface area (Å²) >= 11 is 0. The normalized spacial score (nSPS) is 13.9. The van der Waals surface area contributed by atoms with E-state index in [1.807, 2.05) is 0 Å². The van der Waals surface area contributed by atoms with Crippen LogP contribution in [0.3, 0.4) is 0 Å². The number of nitrogens with one attached hydrogen (secondary N) is 2. The summed E-state index contributed by atoms with van der Waals surface area (Å²) in [7, 11) is 1.59. The lowest BCUT2D eigenvalue weighted by molar-refractivity contribution is 0.398. The van der Waals surface area contributed by atoms with Gasteiger partial charge in [-0.3, -0.25) is 4.99 Å². The van der Waals surface area contributed by atoms with Crippen LogP contribution in [0.1, 0.15) is 12.8 Å². The first-order chi connectivity index (χ1) is 8.79. The number of ether oxygens (including phenoxy) is 1. The predicted octanol–water partition coefficient (Wildman–Crippen LogP) is 0.866. The molecule has 0 amide bonds. The SMILES string of the molecule is COc1ccc(N)c(NCCCC2=NCCN2)n1. The van der Waals surface area contributed by atoms with Crippen molar-refractivity contribution in [2.75, 3.05) is 37.8 Å². The van der Waals surface area contributed by atoms with Crippen molar-refractivity contribution in [2.45, 2.75) is 12.8 Å². The molecule has 18 heavy (non-hydrogen) atoms. The summed E-state index contributed by atoms with van der Waals surface area (Å²) in [6, 6.07) is 3.54. The Kier molecular flexibility index (Phi) is 4.22. The van der Waals surface area contributed by atoms with E-state index in [1.54, 1.807) is 19.2 Å². The van der Waals surface area contributed by atoms with Crippen molar-refractivity contribution in [3.8, 4) is 5.88 Å². The lowest BCUT2D eigenvalue weighted by Crippen LogP contribution is -2.19. The number of methoxy groups -OCH3 is 1. The van der Waals surface area contributed by atoms with E-state index in [-0.39, 0.29) is 0 Å². The van der Waals surface area contributed by atoms with E-state index in [0.717, 1.165) is 38.3 Å². The summed E-state index contributed by atoms with van der Waals surface area (Å²) in [5.41, 5.74) is 6.46. The quantitative estimate of drug-likeness (QED) is 0.651. The van der Waals surface area contributed by atoms with Gasteiger partial charge in [-0.15, -0.1) is 0 Å². The van der Waals surface area contributed by atoms with E-state index in [1.165, 1.54) is 0 Å². The lowest BCUT2D eigenvalue weighted by Gasteiger charge is -2.09. The van der Waals surface area contributed by atoms with E-state index in [4.69, 9.17) is 10.5 Å². The van der Waals surface area contributed by atoms with Gasteiger partial charge < -0.3 is 21.1 Å². The Bertz CT molecular complexity index is 432. The standard InChI is InChI=1S/C12H19N5O/c1-18-11-5-4-9(13)12(17-11)16-6-2-3-10-14-7-8-15-10/h4-5H,2-3,6-8,13H2,1H3,(H,14,15)(H,16,17). The molecule has 98 valence electrons. The second-order valence-corrected chi connectivity index (χ2v) is 4.08. The number of nitrogen functional groups attached to an aromatic ring is 1. The van der Waals surface area contributed by atoms with Crippen LogP contribution < -0.4 is 21.1 Å². The number of amidine groups is 1. The average molecular weight is 249 g/mol. The topological polar surface area (TPSA) is 84.6 Å². The van der Waals surface area contributed by atoms with Gasteiger partial charge in [-0.25, -0.2) is 0 Å². The molecule has 1 aromatic rings. The number of rotatable bonds is 6. The first-order valence-corrected chi connectivity index (χ1v) is 6.11. The number of hydrogen-bond donors (Lipinski definition) is 3. The fourth-order valence-electron chi connectivity index (χ4n) is 1.78. The molecule has 6 nitrogen and oxygen atoms in total. The molecule has 1 aliphatic heterocycles. The van der Waals surface area contributed by atoms with Crippen LogP contribution in [-0.4, -0.2) is 37.6 Å². The average Bonchev–Trinajstić information content (AvgIpc) is 2.89. The van der Waals surface area contributed by atoms with Crippen LogP contribution >= 0.6 is 0 Å². The molecule has 0 aromatic carbocycles. The maximum Gasteiger partial charge on any atom is 0.215 e.